The van der Waals surface area contributed by atoms with Gasteiger partial charge in [0.1, 0.15) is 11.5 Å². The maximum Gasteiger partial charge on any atom is 0.223 e. The molecule has 0 fully saturated rings. The van der Waals surface area contributed by atoms with E-state index >= 15 is 0 Å². The van der Waals surface area contributed by atoms with Gasteiger partial charge in [0.2, 0.25) is 5.88 Å². The summed E-state index contributed by atoms with van der Waals surface area (Å²) in [5.74, 6) is 0.949. The summed E-state index contributed by atoms with van der Waals surface area (Å²) in [5, 5.41) is 19.1. The maximum absolute atomic E-state index is 9.34. The number of nitriles is 1. The number of allylic oxidation sites excluding steroid dienone is 1. The van der Waals surface area contributed by atoms with Crippen LogP contribution in [-0.2, 0) is 0 Å². The number of aryl methyl sites for hydroxylation is 2. The third-order valence-electron chi connectivity index (χ3n) is 3.16. The molecule has 1 aliphatic heterocycles. The van der Waals surface area contributed by atoms with Crippen LogP contribution in [-0.4, -0.2) is 15.2 Å². The zero-order valence-corrected chi connectivity index (χ0v) is 10.5. The minimum atomic E-state index is -0.350. The van der Waals surface area contributed by atoms with Crippen LogP contribution in [0.2, 0.25) is 0 Å². The number of hydrogen-bond acceptors (Lipinski definition) is 6. The minimum Gasteiger partial charge on any atom is -0.425 e. The number of aromatic nitrogens is 3. The molecule has 3 heterocycles. The second-order valence-corrected chi connectivity index (χ2v) is 4.39. The molecular weight excluding hydrogens is 244 g/mol. The van der Waals surface area contributed by atoms with Gasteiger partial charge in [-0.15, -0.1) is 0 Å². The summed E-state index contributed by atoms with van der Waals surface area (Å²) in [7, 11) is 0. The number of nitrogens with one attached hydrogen (secondary N) is 2. The Morgan fingerprint density at radius 3 is 2.89 bits per heavy atom. The quantitative estimate of drug-likeness (QED) is 0.707. The molecule has 0 aromatic carbocycles. The molecule has 0 bridgehead atoms. The summed E-state index contributed by atoms with van der Waals surface area (Å²) < 4.78 is 5.46. The number of fused-ring (bicyclic) bond motifs is 1. The lowest BCUT2D eigenvalue weighted by Gasteiger charge is -2.21. The minimum absolute atomic E-state index is 0.289. The first-order valence-electron chi connectivity index (χ1n) is 5.75. The fourth-order valence-corrected chi connectivity index (χ4v) is 2.29. The number of H-pyrrole nitrogens is 1. The van der Waals surface area contributed by atoms with Crippen molar-refractivity contribution >= 4 is 5.88 Å². The van der Waals surface area contributed by atoms with Crippen molar-refractivity contribution < 1.29 is 4.42 Å². The average molecular weight is 256 g/mol. The van der Waals surface area contributed by atoms with Crippen molar-refractivity contribution in [2.45, 2.75) is 19.8 Å². The van der Waals surface area contributed by atoms with Gasteiger partial charge in [-0.05, 0) is 6.92 Å². The number of rotatable bonds is 1. The summed E-state index contributed by atoms with van der Waals surface area (Å²) in [4.78, 5) is 4.35. The molecule has 0 unspecified atom stereocenters. The van der Waals surface area contributed by atoms with E-state index in [0.717, 1.165) is 11.3 Å². The highest BCUT2D eigenvalue weighted by atomic mass is 16.4. The van der Waals surface area contributed by atoms with Crippen LogP contribution in [0.5, 0.6) is 0 Å². The fourth-order valence-electron chi connectivity index (χ4n) is 2.29. The Morgan fingerprint density at radius 1 is 1.47 bits per heavy atom. The van der Waals surface area contributed by atoms with Crippen molar-refractivity contribution in [3.8, 4) is 6.07 Å². The number of oxazole rings is 1. The second-order valence-electron chi connectivity index (χ2n) is 4.39. The zero-order chi connectivity index (χ0) is 13.6. The highest BCUT2D eigenvalue weighted by Crippen LogP contribution is 2.40. The van der Waals surface area contributed by atoms with E-state index in [1.165, 1.54) is 0 Å². The number of hydrogen-bond donors (Lipinski definition) is 3. The van der Waals surface area contributed by atoms with Crippen molar-refractivity contribution in [3.63, 3.8) is 0 Å². The van der Waals surface area contributed by atoms with Gasteiger partial charge in [0.25, 0.3) is 0 Å². The van der Waals surface area contributed by atoms with E-state index in [4.69, 9.17) is 10.2 Å². The molecule has 7 nitrogen and oxygen atoms in total. The smallest absolute Gasteiger partial charge is 0.223 e. The third-order valence-corrected chi connectivity index (χ3v) is 3.16. The highest BCUT2D eigenvalue weighted by Gasteiger charge is 2.34. The van der Waals surface area contributed by atoms with E-state index in [2.05, 4.69) is 26.6 Å². The SMILES string of the molecule is Cc1nc2c(o1)NC(N)=C(C#N)[C@H]2c1cn[nH]c1C. The Bertz CT molecular complexity index is 717. The lowest BCUT2D eigenvalue weighted by molar-refractivity contribution is 0.534. The first kappa shape index (κ1) is 11.3. The molecule has 0 saturated heterocycles. The van der Waals surface area contributed by atoms with E-state index in [9.17, 15) is 5.26 Å². The molecular formula is C12H12N6O. The van der Waals surface area contributed by atoms with Crippen LogP contribution in [0.25, 0.3) is 0 Å². The Labute approximate surface area is 109 Å². The van der Waals surface area contributed by atoms with Crippen LogP contribution in [0.15, 0.2) is 22.0 Å². The molecule has 2 aromatic rings. The highest BCUT2D eigenvalue weighted by molar-refractivity contribution is 5.61. The van der Waals surface area contributed by atoms with Crippen molar-refractivity contribution in [2.75, 3.05) is 5.32 Å². The lowest BCUT2D eigenvalue weighted by atomic mass is 9.87. The summed E-state index contributed by atoms with van der Waals surface area (Å²) in [6.45, 7) is 3.64. The Kier molecular flexibility index (Phi) is 2.32. The van der Waals surface area contributed by atoms with Gasteiger partial charge in [0, 0.05) is 18.2 Å². The molecule has 7 heteroatoms. The van der Waals surface area contributed by atoms with Crippen LogP contribution >= 0.6 is 0 Å². The van der Waals surface area contributed by atoms with Gasteiger partial charge in [-0.3, -0.25) is 5.10 Å². The zero-order valence-electron chi connectivity index (χ0n) is 10.5. The standard InChI is InChI=1S/C12H12N6O/c1-5-8(4-15-18-5)9-7(3-13)11(14)17-12-10(9)16-6(2)19-12/h4,9,17H,14H2,1-2H3,(H,15,18)/t9-/m0/s1. The number of aromatic amines is 1. The van der Waals surface area contributed by atoms with Gasteiger partial charge in [0.05, 0.1) is 23.8 Å². The third kappa shape index (κ3) is 1.57. The van der Waals surface area contributed by atoms with Crippen LogP contribution < -0.4 is 11.1 Å². The maximum atomic E-state index is 9.34. The Hall–Kier alpha value is -2.75. The van der Waals surface area contributed by atoms with Crippen molar-refractivity contribution in [1.29, 1.82) is 5.26 Å². The predicted molar refractivity (Wildman–Crippen MR) is 66.9 cm³/mol. The molecule has 1 aliphatic rings. The molecule has 2 aromatic heterocycles. The van der Waals surface area contributed by atoms with Crippen LogP contribution in [0, 0.1) is 25.2 Å². The van der Waals surface area contributed by atoms with Crippen LogP contribution in [0.3, 0.4) is 0 Å². The van der Waals surface area contributed by atoms with E-state index in [1.807, 2.05) is 6.92 Å². The summed E-state index contributed by atoms with van der Waals surface area (Å²) in [6, 6.07) is 2.14. The first-order valence-corrected chi connectivity index (χ1v) is 5.75. The molecule has 96 valence electrons. The van der Waals surface area contributed by atoms with Crippen molar-refractivity contribution in [3.05, 3.63) is 40.4 Å². The monoisotopic (exact) mass is 256 g/mol. The molecule has 4 N–H and O–H groups in total. The predicted octanol–water partition coefficient (Wildman–Crippen LogP) is 1.27. The molecule has 0 saturated carbocycles. The largest absolute Gasteiger partial charge is 0.425 e. The molecule has 0 aliphatic carbocycles. The van der Waals surface area contributed by atoms with E-state index in [-0.39, 0.29) is 11.7 Å². The van der Waals surface area contributed by atoms with Gasteiger partial charge in [-0.25, -0.2) is 4.98 Å². The fraction of sp³-hybridized carbons (Fsp3) is 0.250. The van der Waals surface area contributed by atoms with E-state index in [1.54, 1.807) is 13.1 Å². The second kappa shape index (κ2) is 3.88. The van der Waals surface area contributed by atoms with Crippen molar-refractivity contribution in [1.82, 2.24) is 15.2 Å². The lowest BCUT2D eigenvalue weighted by Crippen LogP contribution is -2.22. The average Bonchev–Trinajstić information content (AvgIpc) is 2.92. The van der Waals surface area contributed by atoms with Crippen molar-refractivity contribution in [2.24, 2.45) is 5.73 Å². The molecule has 1 atom stereocenters. The van der Waals surface area contributed by atoms with Crippen LogP contribution in [0.1, 0.15) is 28.8 Å². The van der Waals surface area contributed by atoms with E-state index in [0.29, 0.717) is 23.0 Å². The summed E-state index contributed by atoms with van der Waals surface area (Å²) >= 11 is 0. The van der Waals surface area contributed by atoms with E-state index < -0.39 is 0 Å². The molecule has 3 rings (SSSR count). The number of nitrogens with two attached hydrogens (primary N) is 1. The summed E-state index contributed by atoms with van der Waals surface area (Å²) in [5.41, 5.74) is 8.71. The topological polar surface area (TPSA) is 117 Å². The number of nitrogens with zero attached hydrogens (tertiary/aromatic N) is 3. The molecule has 19 heavy (non-hydrogen) atoms. The van der Waals surface area contributed by atoms with Gasteiger partial charge >= 0.3 is 0 Å². The molecule has 0 amide bonds. The van der Waals surface area contributed by atoms with Crippen LogP contribution in [0.4, 0.5) is 5.88 Å². The van der Waals surface area contributed by atoms with Gasteiger partial charge in [-0.2, -0.15) is 10.4 Å². The Morgan fingerprint density at radius 2 is 2.26 bits per heavy atom. The van der Waals surface area contributed by atoms with Gasteiger partial charge in [0.15, 0.2) is 5.89 Å². The normalized spacial score (nSPS) is 17.8. The molecule has 0 radical (unpaired) electrons. The van der Waals surface area contributed by atoms with Gasteiger partial charge < -0.3 is 15.5 Å². The Balaban J connectivity index is 2.25. The first-order chi connectivity index (χ1) is 9.11. The number of anilines is 1. The summed E-state index contributed by atoms with van der Waals surface area (Å²) in [6.07, 6.45) is 1.68. The van der Waals surface area contributed by atoms with Gasteiger partial charge in [-0.1, -0.05) is 0 Å². The molecule has 0 spiro atoms.